The molecule has 0 bridgehead atoms. The predicted molar refractivity (Wildman–Crippen MR) is 166 cm³/mol. The maximum atomic E-state index is 14.2. The molecule has 3 aromatic rings. The largest absolute Gasteiger partial charge is 0.495 e. The summed E-state index contributed by atoms with van der Waals surface area (Å²) in [6.45, 7) is 2.95. The van der Waals surface area contributed by atoms with Crippen LogP contribution in [0.1, 0.15) is 31.4 Å². The molecule has 3 aromatic carbocycles. The number of hydrogen-bond acceptors (Lipinski definition) is 7. The van der Waals surface area contributed by atoms with Crippen molar-refractivity contribution >= 4 is 44.8 Å². The number of non-ortho nitro benzene ring substituents is 1. The minimum absolute atomic E-state index is 0.0144. The smallest absolute Gasteiger partial charge is 0.271 e. The van der Waals surface area contributed by atoms with Gasteiger partial charge >= 0.3 is 0 Å². The Kier molecular flexibility index (Phi) is 11.5. The van der Waals surface area contributed by atoms with Crippen LogP contribution in [0, 0.1) is 10.1 Å². The summed E-state index contributed by atoms with van der Waals surface area (Å²) in [6, 6.07) is 18.2. The Hall–Kier alpha value is -4.16. The summed E-state index contributed by atoms with van der Waals surface area (Å²) in [4.78, 5) is 40.1. The molecule has 230 valence electrons. The van der Waals surface area contributed by atoms with E-state index < -0.39 is 39.3 Å². The topological polar surface area (TPSA) is 139 Å². The lowest BCUT2D eigenvalue weighted by Crippen LogP contribution is -2.54. The maximum absolute atomic E-state index is 14.2. The van der Waals surface area contributed by atoms with Crippen LogP contribution >= 0.6 is 11.6 Å². The van der Waals surface area contributed by atoms with Crippen molar-refractivity contribution in [3.8, 4) is 5.75 Å². The van der Waals surface area contributed by atoms with Crippen LogP contribution in [0.25, 0.3) is 0 Å². The molecule has 0 saturated heterocycles. The standard InChI is InChI=1S/C30H35ClN4O7S/c1-5-21(2)32-30(37)27(17-22-10-7-6-8-11-22)33(19-23-12-9-13-24(31)16-23)29(36)20-34(43(4,40)41)26-18-25(35(38)39)14-15-28(26)42-3/h6-16,18,21,27H,5,17,19-20H2,1-4H3,(H,32,37)/t21-,27+/m0/s1. The van der Waals surface area contributed by atoms with Crippen molar-refractivity contribution in [2.45, 2.75) is 45.3 Å². The Balaban J connectivity index is 2.13. The summed E-state index contributed by atoms with van der Waals surface area (Å²) in [5, 5.41) is 14.9. The number of nitrogens with zero attached hydrogens (tertiary/aromatic N) is 3. The van der Waals surface area contributed by atoms with E-state index in [2.05, 4.69) is 5.32 Å². The highest BCUT2D eigenvalue weighted by molar-refractivity contribution is 7.92. The van der Waals surface area contributed by atoms with Gasteiger partial charge in [0, 0.05) is 36.2 Å². The maximum Gasteiger partial charge on any atom is 0.271 e. The van der Waals surface area contributed by atoms with E-state index in [0.717, 1.165) is 22.2 Å². The van der Waals surface area contributed by atoms with Gasteiger partial charge in [-0.2, -0.15) is 0 Å². The molecule has 0 fully saturated rings. The van der Waals surface area contributed by atoms with E-state index in [4.69, 9.17) is 16.3 Å². The SMILES string of the molecule is CC[C@H](C)NC(=O)[C@@H](Cc1ccccc1)N(Cc1cccc(Cl)c1)C(=O)CN(c1cc([N+](=O)[O-])ccc1OC)S(C)(=O)=O. The van der Waals surface area contributed by atoms with Crippen molar-refractivity contribution in [3.05, 3.63) is 99.1 Å². The van der Waals surface area contributed by atoms with Crippen LogP contribution in [0.15, 0.2) is 72.8 Å². The number of nitro benzene ring substituents is 1. The summed E-state index contributed by atoms with van der Waals surface area (Å²) >= 11 is 6.23. The minimum Gasteiger partial charge on any atom is -0.495 e. The van der Waals surface area contributed by atoms with E-state index in [1.54, 1.807) is 24.3 Å². The number of hydrogen-bond donors (Lipinski definition) is 1. The zero-order valence-electron chi connectivity index (χ0n) is 24.4. The van der Waals surface area contributed by atoms with Gasteiger partial charge in [0.1, 0.15) is 24.0 Å². The molecule has 11 nitrogen and oxygen atoms in total. The van der Waals surface area contributed by atoms with Crippen LogP contribution in [0.2, 0.25) is 5.02 Å². The summed E-state index contributed by atoms with van der Waals surface area (Å²) in [5.74, 6) is -1.10. The monoisotopic (exact) mass is 630 g/mol. The highest BCUT2D eigenvalue weighted by Gasteiger charge is 2.34. The number of carbonyl (C=O) groups excluding carboxylic acids is 2. The van der Waals surface area contributed by atoms with Crippen molar-refractivity contribution < 1.29 is 27.7 Å². The molecule has 0 spiro atoms. The molecule has 0 radical (unpaired) electrons. The Morgan fingerprint density at radius 2 is 1.72 bits per heavy atom. The molecule has 0 aliphatic heterocycles. The van der Waals surface area contributed by atoms with Crippen molar-refractivity contribution in [2.75, 3.05) is 24.2 Å². The van der Waals surface area contributed by atoms with Gasteiger partial charge in [-0.3, -0.25) is 24.0 Å². The first-order chi connectivity index (χ1) is 20.3. The average molecular weight is 631 g/mol. The second kappa shape index (κ2) is 14.8. The number of benzene rings is 3. The lowest BCUT2D eigenvalue weighted by Gasteiger charge is -2.34. The zero-order chi connectivity index (χ0) is 31.7. The number of amides is 2. The zero-order valence-corrected chi connectivity index (χ0v) is 26.0. The van der Waals surface area contributed by atoms with Gasteiger partial charge < -0.3 is 15.0 Å². The Morgan fingerprint density at radius 1 is 1.05 bits per heavy atom. The number of methoxy groups -OCH3 is 1. The van der Waals surface area contributed by atoms with Gasteiger partial charge in [-0.25, -0.2) is 8.42 Å². The molecule has 1 N–H and O–H groups in total. The second-order valence-electron chi connectivity index (χ2n) is 10.1. The third-order valence-corrected chi connectivity index (χ3v) is 8.20. The minimum atomic E-state index is -4.17. The first-order valence-corrected chi connectivity index (χ1v) is 15.7. The summed E-state index contributed by atoms with van der Waals surface area (Å²) in [5.41, 5.74) is 0.839. The average Bonchev–Trinajstić information content (AvgIpc) is 2.97. The first kappa shape index (κ1) is 33.3. The summed E-state index contributed by atoms with van der Waals surface area (Å²) < 4.78 is 32.2. The van der Waals surface area contributed by atoms with Crippen LogP contribution in [-0.2, 0) is 32.6 Å². The van der Waals surface area contributed by atoms with E-state index >= 15 is 0 Å². The molecule has 0 heterocycles. The highest BCUT2D eigenvalue weighted by Crippen LogP contribution is 2.34. The Morgan fingerprint density at radius 3 is 2.30 bits per heavy atom. The van der Waals surface area contributed by atoms with Crippen LogP contribution in [0.4, 0.5) is 11.4 Å². The molecule has 43 heavy (non-hydrogen) atoms. The van der Waals surface area contributed by atoms with Crippen molar-refractivity contribution in [2.24, 2.45) is 0 Å². The number of nitrogens with one attached hydrogen (secondary N) is 1. The van der Waals surface area contributed by atoms with Gasteiger partial charge in [0.05, 0.1) is 18.3 Å². The first-order valence-electron chi connectivity index (χ1n) is 13.5. The van der Waals surface area contributed by atoms with E-state index in [1.807, 2.05) is 44.2 Å². The number of carbonyl (C=O) groups is 2. The van der Waals surface area contributed by atoms with Gasteiger partial charge in [-0.15, -0.1) is 0 Å². The highest BCUT2D eigenvalue weighted by atomic mass is 35.5. The third kappa shape index (κ3) is 9.16. The fourth-order valence-electron chi connectivity index (χ4n) is 4.41. The molecular formula is C30H35ClN4O7S. The number of anilines is 1. The molecule has 0 aliphatic carbocycles. The van der Waals surface area contributed by atoms with Gasteiger partial charge in [-0.05, 0) is 42.7 Å². The number of nitro groups is 1. The molecule has 0 aliphatic rings. The lowest BCUT2D eigenvalue weighted by atomic mass is 10.0. The third-order valence-electron chi connectivity index (χ3n) is 6.84. The molecule has 0 unspecified atom stereocenters. The molecular weight excluding hydrogens is 596 g/mol. The van der Waals surface area contributed by atoms with Crippen LogP contribution in [-0.4, -0.2) is 62.0 Å². The number of ether oxygens (including phenoxy) is 1. The number of sulfonamides is 1. The quantitative estimate of drug-likeness (QED) is 0.203. The Labute approximate surface area is 256 Å². The van der Waals surface area contributed by atoms with Crippen LogP contribution in [0.3, 0.4) is 0 Å². The predicted octanol–water partition coefficient (Wildman–Crippen LogP) is 4.58. The molecule has 0 saturated carbocycles. The normalized spacial score (nSPS) is 12.6. The van der Waals surface area contributed by atoms with Crippen molar-refractivity contribution in [1.82, 2.24) is 10.2 Å². The second-order valence-corrected chi connectivity index (χ2v) is 12.4. The van der Waals surface area contributed by atoms with E-state index in [0.29, 0.717) is 17.0 Å². The Bertz CT molecular complexity index is 1550. The van der Waals surface area contributed by atoms with E-state index in [9.17, 15) is 28.1 Å². The molecule has 2 amide bonds. The van der Waals surface area contributed by atoms with Gasteiger partial charge in [0.25, 0.3) is 5.69 Å². The molecule has 0 aromatic heterocycles. The van der Waals surface area contributed by atoms with E-state index in [-0.39, 0.29) is 36.1 Å². The van der Waals surface area contributed by atoms with Crippen molar-refractivity contribution in [1.29, 1.82) is 0 Å². The van der Waals surface area contributed by atoms with Crippen LogP contribution in [0.5, 0.6) is 5.75 Å². The fourth-order valence-corrected chi connectivity index (χ4v) is 5.47. The number of rotatable bonds is 14. The molecule has 2 atom stereocenters. The summed E-state index contributed by atoms with van der Waals surface area (Å²) in [7, 11) is -2.88. The van der Waals surface area contributed by atoms with Gasteiger partial charge in [0.2, 0.25) is 21.8 Å². The molecule has 3 rings (SSSR count). The fraction of sp³-hybridized carbons (Fsp3) is 0.333. The number of halogens is 1. The van der Waals surface area contributed by atoms with Crippen LogP contribution < -0.4 is 14.4 Å². The van der Waals surface area contributed by atoms with E-state index in [1.165, 1.54) is 24.1 Å². The van der Waals surface area contributed by atoms with Gasteiger partial charge in [0.15, 0.2) is 0 Å². The molecule has 13 heteroatoms. The summed E-state index contributed by atoms with van der Waals surface area (Å²) in [6.07, 6.45) is 1.69. The van der Waals surface area contributed by atoms with Gasteiger partial charge in [-0.1, -0.05) is 61.0 Å². The lowest BCUT2D eigenvalue weighted by molar-refractivity contribution is -0.384. The van der Waals surface area contributed by atoms with Crippen molar-refractivity contribution in [3.63, 3.8) is 0 Å².